The monoisotopic (exact) mass is 557 g/mol. The van der Waals surface area contributed by atoms with Gasteiger partial charge in [-0.1, -0.05) is 41.3 Å². The molecule has 2 atom stereocenters. The molecule has 0 unspecified atom stereocenters. The van der Waals surface area contributed by atoms with Gasteiger partial charge in [-0.25, -0.2) is 14.7 Å². The number of hydrogen-bond acceptors (Lipinski definition) is 6. The number of carbonyl (C=O) groups excluding carboxylic acids is 1. The van der Waals surface area contributed by atoms with E-state index in [1.807, 2.05) is 24.3 Å². The Hall–Kier alpha value is -4.21. The number of pyridine rings is 1. The Kier molecular flexibility index (Phi) is 6.56. The first-order chi connectivity index (χ1) is 20.6. The molecule has 4 aromatic rings. The fourth-order valence-corrected chi connectivity index (χ4v) is 6.17. The summed E-state index contributed by atoms with van der Waals surface area (Å²) < 4.78 is 15.4. The van der Waals surface area contributed by atoms with Gasteiger partial charge in [-0.3, -0.25) is 14.6 Å². The molecule has 2 aromatic carbocycles. The van der Waals surface area contributed by atoms with Crippen LogP contribution in [0.15, 0.2) is 47.5 Å². The molecule has 7 rings (SSSR count). The van der Waals surface area contributed by atoms with Gasteiger partial charge in [0.1, 0.15) is 50.6 Å². The average Bonchev–Trinajstić information content (AvgIpc) is 3.70. The van der Waals surface area contributed by atoms with Crippen molar-refractivity contribution >= 4 is 95.7 Å². The van der Waals surface area contributed by atoms with E-state index in [1.54, 1.807) is 28.8 Å². The number of carbonyl (C=O) groups is 1. The number of nitrogens with zero attached hydrogens (tertiary/aromatic N) is 6. The molecule has 1 fully saturated rings. The zero-order chi connectivity index (χ0) is 30.2. The third-order valence-corrected chi connectivity index (χ3v) is 8.49. The zero-order valence-corrected chi connectivity index (χ0v) is 23.4. The molecule has 3 aliphatic rings. The Morgan fingerprint density at radius 1 is 0.953 bits per heavy atom. The van der Waals surface area contributed by atoms with Gasteiger partial charge in [0, 0.05) is 18.3 Å². The molecule has 43 heavy (non-hydrogen) atoms. The van der Waals surface area contributed by atoms with Gasteiger partial charge in [0.15, 0.2) is 5.82 Å². The van der Waals surface area contributed by atoms with E-state index < -0.39 is 5.95 Å². The van der Waals surface area contributed by atoms with E-state index in [4.69, 9.17) is 49.3 Å². The van der Waals surface area contributed by atoms with Gasteiger partial charge in [-0.2, -0.15) is 9.49 Å². The molecule has 10 radical (unpaired) electrons. The van der Waals surface area contributed by atoms with Crippen molar-refractivity contribution in [3.63, 3.8) is 0 Å². The minimum Gasteiger partial charge on any atom is -0.341 e. The number of aliphatic imine (C=N–C) groups is 1. The molecule has 8 nitrogen and oxygen atoms in total. The molecule has 14 heteroatoms. The van der Waals surface area contributed by atoms with Gasteiger partial charge in [-0.05, 0) is 37.0 Å². The van der Waals surface area contributed by atoms with E-state index in [2.05, 4.69) is 15.2 Å². The van der Waals surface area contributed by atoms with Gasteiger partial charge < -0.3 is 5.32 Å². The maximum atomic E-state index is 13.9. The van der Waals surface area contributed by atoms with Crippen molar-refractivity contribution in [2.45, 2.75) is 37.9 Å². The van der Waals surface area contributed by atoms with Crippen molar-refractivity contribution in [2.75, 3.05) is 17.3 Å². The maximum Gasteiger partial charge on any atom is 0.267 e. The first-order valence-corrected chi connectivity index (χ1v) is 13.9. The summed E-state index contributed by atoms with van der Waals surface area (Å²) in [5.41, 5.74) is 3.20. The van der Waals surface area contributed by atoms with Crippen molar-refractivity contribution in [1.82, 2.24) is 19.7 Å². The standard InChI is InChI=1S/C29H21B5FN7O/c1-40-28(43)19-26(38-25-23(33)21(31)20(30)22(32)24(25)34)41(39-27(19)42-17-6-2-5-16(17)37-29(40)42)12-13-8-10-14(11-9-13)15-4-3-7-18(35)36-15/h3-4,7-11,16-17,38H,2,5-6,12H2,1H3/t16-,17+/m1/s1. The molecule has 2 aromatic heterocycles. The molecular formula is C29H21B5FN7O. The lowest BCUT2D eigenvalue weighted by Crippen LogP contribution is -2.55. The fraction of sp³-hybridized carbons (Fsp3) is 0.241. The summed E-state index contributed by atoms with van der Waals surface area (Å²) >= 11 is 0. The Labute approximate surface area is 255 Å². The predicted molar refractivity (Wildman–Crippen MR) is 171 cm³/mol. The smallest absolute Gasteiger partial charge is 0.267 e. The van der Waals surface area contributed by atoms with Crippen LogP contribution in [-0.2, 0) is 6.54 Å². The number of aromatic nitrogens is 3. The van der Waals surface area contributed by atoms with Crippen molar-refractivity contribution in [3.05, 3.63) is 59.5 Å². The average molecular weight is 557 g/mol. The quantitative estimate of drug-likeness (QED) is 0.253. The number of rotatable bonds is 5. The van der Waals surface area contributed by atoms with Gasteiger partial charge in [0.25, 0.3) is 5.91 Å². The second-order valence-corrected chi connectivity index (χ2v) is 11.0. The number of amides is 1. The molecule has 4 heterocycles. The summed E-state index contributed by atoms with van der Waals surface area (Å²) in [7, 11) is 32.8. The van der Waals surface area contributed by atoms with E-state index >= 15 is 0 Å². The van der Waals surface area contributed by atoms with Crippen LogP contribution in [0.3, 0.4) is 0 Å². The number of nitrogens with one attached hydrogen (secondary N) is 1. The summed E-state index contributed by atoms with van der Waals surface area (Å²) in [5.74, 6) is 0.638. The minimum absolute atomic E-state index is 0.0851. The lowest BCUT2D eigenvalue weighted by Gasteiger charge is -2.34. The minimum atomic E-state index is -0.550. The van der Waals surface area contributed by atoms with Gasteiger partial charge in [0.2, 0.25) is 11.9 Å². The van der Waals surface area contributed by atoms with Gasteiger partial charge >= 0.3 is 0 Å². The Bertz CT molecular complexity index is 1810. The number of fused-ring (bicyclic) bond motifs is 5. The van der Waals surface area contributed by atoms with Crippen molar-refractivity contribution in [2.24, 2.45) is 4.99 Å². The van der Waals surface area contributed by atoms with Crippen LogP contribution in [0.25, 0.3) is 11.3 Å². The summed E-state index contributed by atoms with van der Waals surface area (Å²) in [6, 6.07) is 12.4. The third kappa shape index (κ3) is 4.33. The highest BCUT2D eigenvalue weighted by atomic mass is 19.1. The highest BCUT2D eigenvalue weighted by molar-refractivity contribution is 6.68. The van der Waals surface area contributed by atoms with E-state index in [0.29, 0.717) is 28.9 Å². The molecule has 0 bridgehead atoms. The van der Waals surface area contributed by atoms with Gasteiger partial charge in [-0.15, -0.1) is 16.4 Å². The summed E-state index contributed by atoms with van der Waals surface area (Å²) in [4.78, 5) is 26.4. The molecule has 2 aliphatic heterocycles. The number of halogens is 1. The van der Waals surface area contributed by atoms with Crippen molar-refractivity contribution in [1.29, 1.82) is 0 Å². The molecule has 1 aliphatic carbocycles. The van der Waals surface area contributed by atoms with Crippen LogP contribution in [-0.4, -0.2) is 89.9 Å². The van der Waals surface area contributed by atoms with E-state index in [-0.39, 0.29) is 57.5 Å². The van der Waals surface area contributed by atoms with Crippen molar-refractivity contribution in [3.8, 4) is 11.3 Å². The summed E-state index contributed by atoms with van der Waals surface area (Å²) in [6.07, 6.45) is 2.94. The predicted octanol–water partition coefficient (Wildman–Crippen LogP) is -0.972. The normalized spacial score (nSPS) is 18.8. The van der Waals surface area contributed by atoms with Crippen LogP contribution >= 0.6 is 0 Å². The second-order valence-electron chi connectivity index (χ2n) is 11.0. The lowest BCUT2D eigenvalue weighted by atomic mass is 9.61. The summed E-state index contributed by atoms with van der Waals surface area (Å²) in [5, 5.41) is 8.21. The second kappa shape index (κ2) is 10.2. The topological polar surface area (TPSA) is 78.7 Å². The van der Waals surface area contributed by atoms with Crippen LogP contribution in [0.4, 0.5) is 21.7 Å². The molecule has 0 spiro atoms. The SMILES string of the molecule is [B]c1c([B])c([B])c(Nc2c3c(nn2Cc2ccc(-c4cccc(F)n4)cc2)N2C(=N[C@@H]4CCC[C@@H]42)N(C)C3=O)c([B])c1[B]. The Balaban J connectivity index is 1.35. The van der Waals surface area contributed by atoms with Crippen LogP contribution in [0.1, 0.15) is 35.2 Å². The van der Waals surface area contributed by atoms with Crippen molar-refractivity contribution < 1.29 is 9.18 Å². The molecule has 1 N–H and O–H groups in total. The molecular weight excluding hydrogens is 535 g/mol. The van der Waals surface area contributed by atoms with E-state index in [0.717, 1.165) is 30.4 Å². The molecule has 1 saturated carbocycles. The highest BCUT2D eigenvalue weighted by Crippen LogP contribution is 2.42. The fourth-order valence-electron chi connectivity index (χ4n) is 6.17. The molecule has 1 amide bonds. The molecule has 200 valence electrons. The Morgan fingerprint density at radius 3 is 2.35 bits per heavy atom. The first-order valence-electron chi connectivity index (χ1n) is 13.9. The number of benzene rings is 2. The van der Waals surface area contributed by atoms with Crippen LogP contribution in [0.5, 0.6) is 0 Å². The Morgan fingerprint density at radius 2 is 1.65 bits per heavy atom. The number of anilines is 3. The van der Waals surface area contributed by atoms with E-state index in [1.165, 1.54) is 6.07 Å². The zero-order valence-electron chi connectivity index (χ0n) is 23.4. The summed E-state index contributed by atoms with van der Waals surface area (Å²) in [6.45, 7) is 0.275. The van der Waals surface area contributed by atoms with Crippen LogP contribution < -0.4 is 37.5 Å². The van der Waals surface area contributed by atoms with Crippen LogP contribution in [0.2, 0.25) is 0 Å². The third-order valence-electron chi connectivity index (χ3n) is 8.49. The first kappa shape index (κ1) is 27.6. The lowest BCUT2D eigenvalue weighted by molar-refractivity contribution is 0.0866. The van der Waals surface area contributed by atoms with Crippen LogP contribution in [0, 0.1) is 5.95 Å². The number of guanidine groups is 1. The maximum absolute atomic E-state index is 13.9. The largest absolute Gasteiger partial charge is 0.341 e. The molecule has 0 saturated heterocycles. The van der Waals surface area contributed by atoms with E-state index in [9.17, 15) is 9.18 Å². The highest BCUT2D eigenvalue weighted by Gasteiger charge is 2.49. The number of hydrogen-bond donors (Lipinski definition) is 1. The van der Waals surface area contributed by atoms with Gasteiger partial charge in [0.05, 0.1) is 24.3 Å².